The number of hydrogen-bond donors (Lipinski definition) is 1. The van der Waals surface area contributed by atoms with Gasteiger partial charge in [-0.25, -0.2) is 4.79 Å². The predicted molar refractivity (Wildman–Crippen MR) is 92.9 cm³/mol. The molecule has 1 aromatic rings. The molecule has 5 heteroatoms. The van der Waals surface area contributed by atoms with E-state index in [0.717, 1.165) is 32.1 Å². The van der Waals surface area contributed by atoms with Crippen LogP contribution in [0.1, 0.15) is 39.0 Å². The normalized spacial score (nSPS) is 15.7. The van der Waals surface area contributed by atoms with E-state index in [-0.39, 0.29) is 23.9 Å². The topological polar surface area (TPSA) is 64.6 Å². The summed E-state index contributed by atoms with van der Waals surface area (Å²) in [7, 11) is 1.57. The van der Waals surface area contributed by atoms with Crippen molar-refractivity contribution in [2.45, 2.75) is 39.0 Å². The Morgan fingerprint density at radius 3 is 2.58 bits per heavy atom. The third kappa shape index (κ3) is 4.60. The first-order chi connectivity index (χ1) is 11.7. The van der Waals surface area contributed by atoms with Gasteiger partial charge in [-0.1, -0.05) is 31.4 Å². The van der Waals surface area contributed by atoms with Gasteiger partial charge < -0.3 is 14.8 Å². The van der Waals surface area contributed by atoms with Gasteiger partial charge in [-0.3, -0.25) is 4.79 Å². The minimum absolute atomic E-state index is 0.0784. The van der Waals surface area contributed by atoms with Gasteiger partial charge in [0.1, 0.15) is 11.3 Å². The third-order valence-corrected chi connectivity index (χ3v) is 4.22. The number of nitrogens with one attached hydrogen (secondary N) is 1. The molecular weight excluding hydrogens is 306 g/mol. The van der Waals surface area contributed by atoms with Gasteiger partial charge in [0.25, 0.3) is 0 Å². The molecule has 1 saturated carbocycles. The van der Waals surface area contributed by atoms with Gasteiger partial charge in [-0.15, -0.1) is 0 Å². The highest BCUT2D eigenvalue weighted by atomic mass is 16.5. The molecule has 0 spiro atoms. The fourth-order valence-electron chi connectivity index (χ4n) is 2.94. The summed E-state index contributed by atoms with van der Waals surface area (Å²) in [5.41, 5.74) is 0.771. The zero-order valence-electron chi connectivity index (χ0n) is 14.3. The van der Waals surface area contributed by atoms with Crippen molar-refractivity contribution >= 4 is 17.4 Å². The zero-order valence-corrected chi connectivity index (χ0v) is 14.3. The van der Waals surface area contributed by atoms with Crippen molar-refractivity contribution in [1.29, 1.82) is 0 Å². The highest BCUT2D eigenvalue weighted by Crippen LogP contribution is 2.28. The smallest absolute Gasteiger partial charge is 0.343 e. The number of ether oxygens (including phenoxy) is 2. The lowest BCUT2D eigenvalue weighted by atomic mass is 9.84. The van der Waals surface area contributed by atoms with E-state index in [9.17, 15) is 9.59 Å². The number of esters is 1. The van der Waals surface area contributed by atoms with E-state index in [1.54, 1.807) is 14.0 Å². The molecule has 0 unspecified atom stereocenters. The summed E-state index contributed by atoms with van der Waals surface area (Å²) >= 11 is 0. The molecule has 1 fully saturated rings. The SMILES string of the molecule is CCOC(=O)C(=CNc1ccccc1OC)C(=O)C1CCCCC1. The molecule has 130 valence electrons. The largest absolute Gasteiger partial charge is 0.495 e. The molecular formula is C19H25NO4. The van der Waals surface area contributed by atoms with Gasteiger partial charge in [0, 0.05) is 12.1 Å². The maximum atomic E-state index is 12.7. The second-order valence-corrected chi connectivity index (χ2v) is 5.82. The van der Waals surface area contributed by atoms with E-state index in [0.29, 0.717) is 11.4 Å². The lowest BCUT2D eigenvalue weighted by Gasteiger charge is -2.21. The first-order valence-corrected chi connectivity index (χ1v) is 8.48. The number of methoxy groups -OCH3 is 1. The molecule has 0 saturated heterocycles. The Bertz CT molecular complexity index is 603. The van der Waals surface area contributed by atoms with E-state index < -0.39 is 5.97 Å². The number of Topliss-reactive ketones (excluding diaryl/α,β-unsaturated/α-hetero) is 1. The fourth-order valence-corrected chi connectivity index (χ4v) is 2.94. The Kier molecular flexibility index (Phi) is 6.85. The van der Waals surface area contributed by atoms with Crippen molar-refractivity contribution in [2.24, 2.45) is 5.92 Å². The molecule has 0 amide bonds. The summed E-state index contributed by atoms with van der Waals surface area (Å²) in [5, 5.41) is 3.01. The minimum atomic E-state index is -0.574. The molecule has 1 N–H and O–H groups in total. The highest BCUT2D eigenvalue weighted by Gasteiger charge is 2.28. The number of carbonyl (C=O) groups excluding carboxylic acids is 2. The third-order valence-electron chi connectivity index (χ3n) is 4.22. The number of benzene rings is 1. The van der Waals surface area contributed by atoms with Gasteiger partial charge in [-0.2, -0.15) is 0 Å². The van der Waals surface area contributed by atoms with Gasteiger partial charge in [-0.05, 0) is 31.9 Å². The second kappa shape index (κ2) is 9.11. The Morgan fingerprint density at radius 1 is 1.21 bits per heavy atom. The zero-order chi connectivity index (χ0) is 17.4. The average Bonchev–Trinajstić information content (AvgIpc) is 2.63. The quantitative estimate of drug-likeness (QED) is 0.357. The van der Waals surface area contributed by atoms with Crippen LogP contribution in [0.5, 0.6) is 5.75 Å². The first-order valence-electron chi connectivity index (χ1n) is 8.48. The van der Waals surface area contributed by atoms with E-state index in [2.05, 4.69) is 5.32 Å². The molecule has 0 heterocycles. The van der Waals surface area contributed by atoms with E-state index in [1.165, 1.54) is 6.20 Å². The van der Waals surface area contributed by atoms with Crippen LogP contribution in [-0.2, 0) is 14.3 Å². The van der Waals surface area contributed by atoms with Crippen LogP contribution < -0.4 is 10.1 Å². The number of hydrogen-bond acceptors (Lipinski definition) is 5. The van der Waals surface area contributed by atoms with Crippen LogP contribution in [0.2, 0.25) is 0 Å². The summed E-state index contributed by atoms with van der Waals surface area (Å²) in [4.78, 5) is 25.0. The van der Waals surface area contributed by atoms with E-state index >= 15 is 0 Å². The molecule has 24 heavy (non-hydrogen) atoms. The fraction of sp³-hybridized carbons (Fsp3) is 0.474. The van der Waals surface area contributed by atoms with Gasteiger partial charge in [0.05, 0.1) is 19.4 Å². The van der Waals surface area contributed by atoms with Gasteiger partial charge in [0.15, 0.2) is 5.78 Å². The van der Waals surface area contributed by atoms with Crippen molar-refractivity contribution in [3.8, 4) is 5.75 Å². The predicted octanol–water partition coefficient (Wildman–Crippen LogP) is 3.70. The standard InChI is InChI=1S/C19H25NO4/c1-3-24-19(22)15(18(21)14-9-5-4-6-10-14)13-20-16-11-7-8-12-17(16)23-2/h7-8,11-14,20H,3-6,9-10H2,1-2H3. The Hall–Kier alpha value is -2.30. The number of carbonyl (C=O) groups is 2. The summed E-state index contributed by atoms with van der Waals surface area (Å²) in [5.74, 6) is -0.151. The maximum Gasteiger partial charge on any atom is 0.343 e. The Balaban J connectivity index is 2.21. The molecule has 0 atom stereocenters. The second-order valence-electron chi connectivity index (χ2n) is 5.82. The van der Waals surface area contributed by atoms with Crippen molar-refractivity contribution in [1.82, 2.24) is 0 Å². The molecule has 0 aliphatic heterocycles. The van der Waals surface area contributed by atoms with Crippen molar-refractivity contribution in [3.05, 3.63) is 36.0 Å². The minimum Gasteiger partial charge on any atom is -0.495 e. The van der Waals surface area contributed by atoms with Gasteiger partial charge >= 0.3 is 5.97 Å². The van der Waals surface area contributed by atoms with Crippen LogP contribution in [0, 0.1) is 5.92 Å². The molecule has 0 radical (unpaired) electrons. The Morgan fingerprint density at radius 2 is 1.92 bits per heavy atom. The van der Waals surface area contributed by atoms with Crippen molar-refractivity contribution < 1.29 is 19.1 Å². The van der Waals surface area contributed by atoms with Gasteiger partial charge in [0.2, 0.25) is 0 Å². The Labute approximate surface area is 143 Å². The van der Waals surface area contributed by atoms with Crippen LogP contribution in [0.3, 0.4) is 0 Å². The molecule has 1 aliphatic carbocycles. The maximum absolute atomic E-state index is 12.7. The van der Waals surface area contributed by atoms with E-state index in [4.69, 9.17) is 9.47 Å². The monoisotopic (exact) mass is 331 g/mol. The molecule has 0 bridgehead atoms. The molecule has 1 aliphatic rings. The molecule has 5 nitrogen and oxygen atoms in total. The van der Waals surface area contributed by atoms with Crippen LogP contribution in [0.15, 0.2) is 36.0 Å². The number of para-hydroxylation sites is 2. The summed E-state index contributed by atoms with van der Waals surface area (Å²) in [6.07, 6.45) is 6.35. The average molecular weight is 331 g/mol. The van der Waals surface area contributed by atoms with Crippen molar-refractivity contribution in [3.63, 3.8) is 0 Å². The lowest BCUT2D eigenvalue weighted by molar-refractivity contribution is -0.140. The van der Waals surface area contributed by atoms with Crippen molar-refractivity contribution in [2.75, 3.05) is 19.0 Å². The summed E-state index contributed by atoms with van der Waals surface area (Å²) < 4.78 is 10.3. The highest BCUT2D eigenvalue weighted by molar-refractivity contribution is 6.18. The summed E-state index contributed by atoms with van der Waals surface area (Å²) in [6.45, 7) is 1.97. The van der Waals surface area contributed by atoms with Crippen LogP contribution >= 0.6 is 0 Å². The van der Waals surface area contributed by atoms with Crippen LogP contribution in [0.25, 0.3) is 0 Å². The summed E-state index contributed by atoms with van der Waals surface area (Å²) in [6, 6.07) is 7.34. The first kappa shape index (κ1) is 18.0. The number of anilines is 1. The van der Waals surface area contributed by atoms with E-state index in [1.807, 2.05) is 24.3 Å². The molecule has 1 aromatic carbocycles. The lowest BCUT2D eigenvalue weighted by Crippen LogP contribution is -2.25. The number of ketones is 1. The van der Waals surface area contributed by atoms with Crippen LogP contribution in [0.4, 0.5) is 5.69 Å². The molecule has 2 rings (SSSR count). The van der Waals surface area contributed by atoms with Crippen LogP contribution in [-0.4, -0.2) is 25.5 Å². The molecule has 0 aromatic heterocycles. The number of rotatable bonds is 7.